The fourth-order valence-electron chi connectivity index (χ4n) is 7.34. The van der Waals surface area contributed by atoms with E-state index in [0.717, 1.165) is 44.6 Å². The van der Waals surface area contributed by atoms with Gasteiger partial charge in [-0.2, -0.15) is 13.2 Å². The molecule has 38 heavy (non-hydrogen) atoms. The van der Waals surface area contributed by atoms with Crippen molar-refractivity contribution in [2.75, 3.05) is 19.6 Å². The quantitative estimate of drug-likeness (QED) is 0.458. The summed E-state index contributed by atoms with van der Waals surface area (Å²) in [5.41, 5.74) is 1.96. The number of ether oxygens (including phenoxy) is 1. The highest BCUT2D eigenvalue weighted by Crippen LogP contribution is 2.50. The summed E-state index contributed by atoms with van der Waals surface area (Å²) in [6.07, 6.45) is 2.13. The summed E-state index contributed by atoms with van der Waals surface area (Å²) in [6.45, 7) is 9.42. The molecule has 1 amide bonds. The number of hydrogen-bond acceptors (Lipinski definition) is 3. The summed E-state index contributed by atoms with van der Waals surface area (Å²) in [7, 11) is 0. The minimum atomic E-state index is -4.43. The predicted octanol–water partition coefficient (Wildman–Crippen LogP) is 6.50. The summed E-state index contributed by atoms with van der Waals surface area (Å²) in [5, 5.41) is 0. The fourth-order valence-corrected chi connectivity index (χ4v) is 7.34. The molecule has 3 heterocycles. The van der Waals surface area contributed by atoms with Gasteiger partial charge in [-0.1, -0.05) is 57.2 Å². The maximum atomic E-state index is 13.9. The van der Waals surface area contributed by atoms with Gasteiger partial charge in [0.2, 0.25) is 5.91 Å². The average molecular weight is 525 g/mol. The minimum Gasteiger partial charge on any atom is -0.470 e. The van der Waals surface area contributed by atoms with E-state index in [1.54, 1.807) is 4.90 Å². The van der Waals surface area contributed by atoms with Crippen LogP contribution in [0.25, 0.3) is 6.08 Å². The molecule has 2 aromatic carbocycles. The van der Waals surface area contributed by atoms with E-state index in [1.807, 2.05) is 0 Å². The van der Waals surface area contributed by atoms with Crippen LogP contribution in [0.15, 0.2) is 48.5 Å². The summed E-state index contributed by atoms with van der Waals surface area (Å²) in [6, 6.07) is 12.3. The van der Waals surface area contributed by atoms with Gasteiger partial charge in [0.1, 0.15) is 5.75 Å². The molecule has 2 fully saturated rings. The highest BCUT2D eigenvalue weighted by molar-refractivity contribution is 5.86. The zero-order valence-corrected chi connectivity index (χ0v) is 22.2. The third-order valence-corrected chi connectivity index (χ3v) is 9.82. The number of halogens is 3. The lowest BCUT2D eigenvalue weighted by Gasteiger charge is -2.45. The van der Waals surface area contributed by atoms with Gasteiger partial charge < -0.3 is 14.5 Å². The van der Waals surface area contributed by atoms with Crippen molar-refractivity contribution in [1.29, 1.82) is 0 Å². The van der Waals surface area contributed by atoms with E-state index >= 15 is 0 Å². The highest BCUT2D eigenvalue weighted by Gasteiger charge is 2.55. The number of piperidine rings is 1. The second kappa shape index (κ2) is 8.87. The van der Waals surface area contributed by atoms with E-state index in [-0.39, 0.29) is 23.8 Å². The molecule has 0 N–H and O–H groups in total. The smallest absolute Gasteiger partial charge is 0.416 e. The van der Waals surface area contributed by atoms with Crippen LogP contribution in [-0.4, -0.2) is 41.6 Å². The number of fused-ring (bicyclic) bond motifs is 4. The van der Waals surface area contributed by atoms with Crippen molar-refractivity contribution < 1.29 is 22.7 Å². The van der Waals surface area contributed by atoms with Crippen molar-refractivity contribution in [2.45, 2.75) is 64.4 Å². The van der Waals surface area contributed by atoms with Gasteiger partial charge in [0.25, 0.3) is 0 Å². The summed E-state index contributed by atoms with van der Waals surface area (Å²) < 4.78 is 46.0. The Morgan fingerprint density at radius 1 is 1.16 bits per heavy atom. The molecular weight excluding hydrogens is 489 g/mol. The van der Waals surface area contributed by atoms with Gasteiger partial charge in [-0.05, 0) is 67.1 Å². The third kappa shape index (κ3) is 3.88. The lowest BCUT2D eigenvalue weighted by atomic mass is 9.67. The number of rotatable bonds is 4. The van der Waals surface area contributed by atoms with E-state index in [4.69, 9.17) is 4.74 Å². The number of benzene rings is 2. The second-order valence-corrected chi connectivity index (χ2v) is 12.0. The third-order valence-electron chi connectivity index (χ3n) is 9.82. The first-order valence-electron chi connectivity index (χ1n) is 13.7. The average Bonchev–Trinajstić information content (AvgIpc) is 3.39. The van der Waals surface area contributed by atoms with Crippen LogP contribution in [0, 0.1) is 17.3 Å². The largest absolute Gasteiger partial charge is 0.470 e. The van der Waals surface area contributed by atoms with Crippen LogP contribution in [0.5, 0.6) is 5.75 Å². The molecule has 0 saturated carbocycles. The molecule has 3 unspecified atom stereocenters. The van der Waals surface area contributed by atoms with Gasteiger partial charge in [0.15, 0.2) is 6.23 Å². The SMILES string of the molecule is CC(C)C1(CCN2CC[C@@]3(C=Cc4ccccc43)C(C)C2)CC2Oc3ccc(C(F)(F)F)cc3CN2C1=O. The van der Waals surface area contributed by atoms with Crippen LogP contribution in [-0.2, 0) is 22.9 Å². The standard InChI is InChI=1S/C31H35F3N2O2/c1-20(2)30(13-15-35-14-12-29(21(3)18-35)11-10-22-6-4-5-7-25(22)29)17-27-36(28(30)37)19-23-16-24(31(32,33)34)8-9-26(23)38-27/h4-11,16,20-21,27H,12-15,17-19H2,1-3H3/t21?,27?,29-,30?/m0/s1. The number of carbonyl (C=O) groups excluding carboxylic acids is 1. The molecule has 2 aromatic rings. The summed E-state index contributed by atoms with van der Waals surface area (Å²) in [5.74, 6) is 1.01. The van der Waals surface area contributed by atoms with Gasteiger partial charge in [-0.15, -0.1) is 0 Å². The number of alkyl halides is 3. The zero-order chi connectivity index (χ0) is 26.9. The zero-order valence-electron chi connectivity index (χ0n) is 22.2. The lowest BCUT2D eigenvalue weighted by molar-refractivity contribution is -0.142. The van der Waals surface area contributed by atoms with Crippen molar-refractivity contribution in [3.8, 4) is 5.75 Å². The number of likely N-dealkylation sites (tertiary alicyclic amines) is 1. The molecule has 1 spiro atoms. The number of allylic oxidation sites excluding steroid dienone is 1. The van der Waals surface area contributed by atoms with Crippen LogP contribution in [0.4, 0.5) is 13.2 Å². The van der Waals surface area contributed by atoms with Crippen molar-refractivity contribution in [1.82, 2.24) is 9.80 Å². The maximum absolute atomic E-state index is 13.9. The van der Waals surface area contributed by atoms with Crippen molar-refractivity contribution in [3.05, 3.63) is 70.8 Å². The molecule has 4 atom stereocenters. The minimum absolute atomic E-state index is 0.00902. The monoisotopic (exact) mass is 524 g/mol. The molecule has 0 bridgehead atoms. The van der Waals surface area contributed by atoms with Gasteiger partial charge in [-0.25, -0.2) is 0 Å². The Morgan fingerprint density at radius 3 is 2.68 bits per heavy atom. The van der Waals surface area contributed by atoms with E-state index in [1.165, 1.54) is 17.2 Å². The topological polar surface area (TPSA) is 32.8 Å². The summed E-state index contributed by atoms with van der Waals surface area (Å²) in [4.78, 5) is 18.0. The molecule has 202 valence electrons. The molecule has 2 saturated heterocycles. The van der Waals surface area contributed by atoms with E-state index < -0.39 is 23.4 Å². The molecule has 6 rings (SSSR count). The Hall–Kier alpha value is -2.80. The molecule has 3 aliphatic heterocycles. The van der Waals surface area contributed by atoms with Crippen LogP contribution in [0.1, 0.15) is 62.3 Å². The van der Waals surface area contributed by atoms with Crippen LogP contribution in [0.2, 0.25) is 0 Å². The fraction of sp³-hybridized carbons (Fsp3) is 0.516. The maximum Gasteiger partial charge on any atom is 0.416 e. The van der Waals surface area contributed by atoms with Crippen molar-refractivity contribution >= 4 is 12.0 Å². The Bertz CT molecular complexity index is 1290. The van der Waals surface area contributed by atoms with Crippen LogP contribution < -0.4 is 4.74 Å². The van der Waals surface area contributed by atoms with Gasteiger partial charge in [0.05, 0.1) is 17.5 Å². The number of carbonyl (C=O) groups is 1. The highest BCUT2D eigenvalue weighted by atomic mass is 19.4. The molecular formula is C31H35F3N2O2. The Kier molecular flexibility index (Phi) is 5.95. The first-order valence-corrected chi connectivity index (χ1v) is 13.7. The summed E-state index contributed by atoms with van der Waals surface area (Å²) >= 11 is 0. The van der Waals surface area contributed by atoms with Crippen LogP contribution in [0.3, 0.4) is 0 Å². The molecule has 4 aliphatic rings. The number of nitrogens with zero attached hydrogens (tertiary/aromatic N) is 2. The first-order chi connectivity index (χ1) is 18.0. The van der Waals surface area contributed by atoms with Crippen molar-refractivity contribution in [3.63, 3.8) is 0 Å². The molecule has 7 heteroatoms. The Morgan fingerprint density at radius 2 is 1.95 bits per heavy atom. The molecule has 1 aliphatic carbocycles. The lowest BCUT2D eigenvalue weighted by Crippen LogP contribution is -2.49. The van der Waals surface area contributed by atoms with E-state index in [0.29, 0.717) is 23.7 Å². The predicted molar refractivity (Wildman–Crippen MR) is 140 cm³/mol. The molecule has 0 radical (unpaired) electrons. The van der Waals surface area contributed by atoms with E-state index in [9.17, 15) is 18.0 Å². The van der Waals surface area contributed by atoms with Crippen LogP contribution >= 0.6 is 0 Å². The second-order valence-electron chi connectivity index (χ2n) is 12.0. The Balaban J connectivity index is 1.16. The number of amides is 1. The van der Waals surface area contributed by atoms with Gasteiger partial charge in [0, 0.05) is 23.9 Å². The van der Waals surface area contributed by atoms with Crippen molar-refractivity contribution in [2.24, 2.45) is 17.3 Å². The molecule has 4 nitrogen and oxygen atoms in total. The van der Waals surface area contributed by atoms with Gasteiger partial charge in [-0.3, -0.25) is 4.79 Å². The Labute approximate surface area is 222 Å². The molecule has 0 aromatic heterocycles. The number of hydrogen-bond donors (Lipinski definition) is 0. The normalized spacial score (nSPS) is 30.5. The van der Waals surface area contributed by atoms with Gasteiger partial charge >= 0.3 is 6.18 Å². The first kappa shape index (κ1) is 25.5. The van der Waals surface area contributed by atoms with E-state index in [2.05, 4.69) is 62.1 Å².